The van der Waals surface area contributed by atoms with Crippen molar-refractivity contribution in [3.8, 4) is 5.75 Å². The number of ether oxygens (including phenoxy) is 1. The van der Waals surface area contributed by atoms with E-state index in [0.29, 0.717) is 17.9 Å². The molecule has 1 rings (SSSR count). The van der Waals surface area contributed by atoms with E-state index in [4.69, 9.17) is 9.84 Å². The zero-order chi connectivity index (χ0) is 18.4. The van der Waals surface area contributed by atoms with Crippen LogP contribution in [0.4, 0.5) is 5.69 Å². The lowest BCUT2D eigenvalue weighted by Gasteiger charge is -2.23. The summed E-state index contributed by atoms with van der Waals surface area (Å²) >= 11 is 0. The van der Waals surface area contributed by atoms with E-state index in [2.05, 4.69) is 10.0 Å². The molecule has 9 heteroatoms. The van der Waals surface area contributed by atoms with Crippen LogP contribution >= 0.6 is 0 Å². The number of nitrogens with one attached hydrogen (secondary N) is 2. The van der Waals surface area contributed by atoms with Crippen LogP contribution in [0.25, 0.3) is 0 Å². The van der Waals surface area contributed by atoms with Gasteiger partial charge < -0.3 is 15.2 Å². The van der Waals surface area contributed by atoms with E-state index in [-0.39, 0.29) is 13.0 Å². The minimum absolute atomic E-state index is 0.0383. The predicted molar refractivity (Wildman–Crippen MR) is 89.5 cm³/mol. The summed E-state index contributed by atoms with van der Waals surface area (Å²) in [5.74, 6) is -0.822. The number of carboxylic acid groups (broad SMARTS) is 1. The van der Waals surface area contributed by atoms with E-state index < -0.39 is 27.4 Å². The third kappa shape index (κ3) is 7.42. The van der Waals surface area contributed by atoms with Gasteiger partial charge in [-0.3, -0.25) is 9.59 Å². The minimum Gasteiger partial charge on any atom is -0.494 e. The SMILES string of the molecule is CC(C)(NS(C)(=O)=O)C(=O)Nc1ccc(OCCCC(=O)O)cc1. The second-order valence-electron chi connectivity index (χ2n) is 5.82. The summed E-state index contributed by atoms with van der Waals surface area (Å²) in [5.41, 5.74) is -0.805. The molecule has 0 saturated carbocycles. The first-order valence-corrected chi connectivity index (χ1v) is 9.14. The molecule has 0 bridgehead atoms. The zero-order valence-electron chi connectivity index (χ0n) is 13.8. The topological polar surface area (TPSA) is 122 Å². The maximum absolute atomic E-state index is 12.1. The van der Waals surface area contributed by atoms with E-state index in [9.17, 15) is 18.0 Å². The number of anilines is 1. The van der Waals surface area contributed by atoms with Crippen LogP contribution in [0.1, 0.15) is 26.7 Å². The average molecular weight is 358 g/mol. The molecule has 1 amide bonds. The van der Waals surface area contributed by atoms with Crippen LogP contribution in [0, 0.1) is 0 Å². The van der Waals surface area contributed by atoms with Gasteiger partial charge in [-0.15, -0.1) is 0 Å². The lowest BCUT2D eigenvalue weighted by atomic mass is 10.1. The second-order valence-corrected chi connectivity index (χ2v) is 7.57. The Labute approximate surface area is 141 Å². The van der Waals surface area contributed by atoms with Gasteiger partial charge in [0, 0.05) is 12.1 Å². The smallest absolute Gasteiger partial charge is 0.303 e. The van der Waals surface area contributed by atoms with Gasteiger partial charge >= 0.3 is 5.97 Å². The lowest BCUT2D eigenvalue weighted by Crippen LogP contribution is -2.51. The van der Waals surface area contributed by atoms with Crippen LogP contribution in [-0.2, 0) is 19.6 Å². The Morgan fingerprint density at radius 2 is 1.79 bits per heavy atom. The summed E-state index contributed by atoms with van der Waals surface area (Å²) < 4.78 is 30.2. The molecule has 0 heterocycles. The molecular weight excluding hydrogens is 336 g/mol. The van der Waals surface area contributed by atoms with Gasteiger partial charge in [0.1, 0.15) is 11.3 Å². The molecule has 24 heavy (non-hydrogen) atoms. The largest absolute Gasteiger partial charge is 0.494 e. The minimum atomic E-state index is -3.52. The number of rotatable bonds is 9. The van der Waals surface area contributed by atoms with Crippen molar-refractivity contribution in [1.82, 2.24) is 4.72 Å². The molecule has 134 valence electrons. The summed E-state index contributed by atoms with van der Waals surface area (Å²) in [4.78, 5) is 22.5. The number of amides is 1. The maximum atomic E-state index is 12.1. The van der Waals surface area contributed by atoms with Crippen molar-refractivity contribution in [2.24, 2.45) is 0 Å². The average Bonchev–Trinajstić information content (AvgIpc) is 2.42. The van der Waals surface area contributed by atoms with Crippen LogP contribution < -0.4 is 14.8 Å². The molecule has 0 radical (unpaired) electrons. The van der Waals surface area contributed by atoms with Crippen molar-refractivity contribution < 1.29 is 27.9 Å². The fourth-order valence-electron chi connectivity index (χ4n) is 1.85. The fraction of sp³-hybridized carbons (Fsp3) is 0.467. The van der Waals surface area contributed by atoms with E-state index in [1.54, 1.807) is 24.3 Å². The fourth-order valence-corrected chi connectivity index (χ4v) is 2.86. The van der Waals surface area contributed by atoms with Crippen LogP contribution in [0.3, 0.4) is 0 Å². The first-order chi connectivity index (χ1) is 11.0. The Kier molecular flexibility index (Phi) is 6.73. The molecule has 8 nitrogen and oxygen atoms in total. The van der Waals surface area contributed by atoms with Crippen molar-refractivity contribution in [3.63, 3.8) is 0 Å². The molecule has 0 atom stereocenters. The van der Waals surface area contributed by atoms with Gasteiger partial charge in [0.05, 0.1) is 12.9 Å². The van der Waals surface area contributed by atoms with Crippen LogP contribution in [0.5, 0.6) is 5.75 Å². The second kappa shape index (κ2) is 8.11. The van der Waals surface area contributed by atoms with E-state index in [1.165, 1.54) is 13.8 Å². The highest BCUT2D eigenvalue weighted by Gasteiger charge is 2.30. The molecule has 0 saturated heterocycles. The summed E-state index contributed by atoms with van der Waals surface area (Å²) in [6.07, 6.45) is 1.42. The number of hydrogen-bond acceptors (Lipinski definition) is 5. The summed E-state index contributed by atoms with van der Waals surface area (Å²) in [7, 11) is -3.52. The van der Waals surface area contributed by atoms with Crippen molar-refractivity contribution in [1.29, 1.82) is 0 Å². The third-order valence-electron chi connectivity index (χ3n) is 2.92. The molecule has 0 spiro atoms. The molecule has 0 aliphatic carbocycles. The number of aliphatic carboxylic acids is 1. The Morgan fingerprint density at radius 1 is 1.21 bits per heavy atom. The van der Waals surface area contributed by atoms with Gasteiger partial charge in [-0.1, -0.05) is 0 Å². The molecule has 0 aromatic heterocycles. The highest BCUT2D eigenvalue weighted by molar-refractivity contribution is 7.88. The Hall–Kier alpha value is -2.13. The Morgan fingerprint density at radius 3 is 2.29 bits per heavy atom. The number of carbonyl (C=O) groups excluding carboxylic acids is 1. The summed E-state index contributed by atoms with van der Waals surface area (Å²) in [5, 5.41) is 11.1. The number of sulfonamides is 1. The molecule has 1 aromatic carbocycles. The molecular formula is C15H22N2O6S. The molecule has 3 N–H and O–H groups in total. The first-order valence-electron chi connectivity index (χ1n) is 7.25. The van der Waals surface area contributed by atoms with E-state index in [0.717, 1.165) is 6.26 Å². The standard InChI is InChI=1S/C15H22N2O6S/c1-15(2,17-24(3,21)22)14(20)16-11-6-8-12(9-7-11)23-10-4-5-13(18)19/h6-9,17H,4-5,10H2,1-3H3,(H,16,20)(H,18,19). The lowest BCUT2D eigenvalue weighted by molar-refractivity contribution is -0.137. The predicted octanol–water partition coefficient (Wildman–Crippen LogP) is 1.20. The van der Waals surface area contributed by atoms with E-state index >= 15 is 0 Å². The molecule has 0 aliphatic heterocycles. The first kappa shape index (κ1) is 19.9. The quantitative estimate of drug-likeness (QED) is 0.570. The van der Waals surface area contributed by atoms with Gasteiger partial charge in [-0.2, -0.15) is 0 Å². The molecule has 0 aliphatic rings. The summed E-state index contributed by atoms with van der Waals surface area (Å²) in [6, 6.07) is 6.49. The third-order valence-corrected chi connectivity index (χ3v) is 3.81. The Bertz CT molecular complexity index is 682. The zero-order valence-corrected chi connectivity index (χ0v) is 14.6. The number of hydrogen-bond donors (Lipinski definition) is 3. The van der Waals surface area contributed by atoms with Gasteiger partial charge in [-0.05, 0) is 44.5 Å². The Balaban J connectivity index is 2.57. The van der Waals surface area contributed by atoms with Crippen LogP contribution in [0.2, 0.25) is 0 Å². The van der Waals surface area contributed by atoms with Crippen LogP contribution in [-0.4, -0.2) is 43.8 Å². The maximum Gasteiger partial charge on any atom is 0.303 e. The van der Waals surface area contributed by atoms with Crippen LogP contribution in [0.15, 0.2) is 24.3 Å². The number of benzene rings is 1. The highest BCUT2D eigenvalue weighted by Crippen LogP contribution is 2.17. The summed E-state index contributed by atoms with van der Waals surface area (Å²) in [6.45, 7) is 3.20. The van der Waals surface area contributed by atoms with Gasteiger partial charge in [0.2, 0.25) is 15.9 Å². The van der Waals surface area contributed by atoms with Gasteiger partial charge in [-0.25, -0.2) is 13.1 Å². The molecule has 1 aromatic rings. The highest BCUT2D eigenvalue weighted by atomic mass is 32.2. The van der Waals surface area contributed by atoms with Crippen molar-refractivity contribution in [3.05, 3.63) is 24.3 Å². The van der Waals surface area contributed by atoms with Crippen molar-refractivity contribution in [2.75, 3.05) is 18.2 Å². The van der Waals surface area contributed by atoms with Gasteiger partial charge in [0.25, 0.3) is 0 Å². The van der Waals surface area contributed by atoms with Crippen molar-refractivity contribution >= 4 is 27.6 Å². The normalized spacial score (nSPS) is 11.8. The number of carboxylic acids is 1. The molecule has 0 fully saturated rings. The van der Waals surface area contributed by atoms with Gasteiger partial charge in [0.15, 0.2) is 0 Å². The van der Waals surface area contributed by atoms with Crippen molar-refractivity contribution in [2.45, 2.75) is 32.2 Å². The monoisotopic (exact) mass is 358 g/mol. The molecule has 0 unspecified atom stereocenters. The van der Waals surface area contributed by atoms with E-state index in [1.807, 2.05) is 0 Å². The number of carbonyl (C=O) groups is 2.